The number of ether oxygens (including phenoxy) is 3. The number of rotatable bonds is 40. The van der Waals surface area contributed by atoms with Crippen molar-refractivity contribution >= 4 is 17.9 Å². The number of allylic oxidation sites excluding steroid dienone is 10. The van der Waals surface area contributed by atoms with Gasteiger partial charge in [0.1, 0.15) is 6.61 Å². The number of esters is 2. The van der Waals surface area contributed by atoms with Gasteiger partial charge in [0, 0.05) is 19.3 Å². The molecular weight excluding hydrogens is 715 g/mol. The zero-order chi connectivity index (χ0) is 42.1. The summed E-state index contributed by atoms with van der Waals surface area (Å²) in [6.07, 6.45) is 48.5. The SMILES string of the molecule is CC/C=C/C/C=C/C/C=C/CCCCC(=O)OC(COCCC(C(=O)O)[N+](C)(C)C)COC(=O)CCCCCCCCCCCCCCCC/C=C/C/C=C/CC. The van der Waals surface area contributed by atoms with E-state index in [9.17, 15) is 19.5 Å². The van der Waals surface area contributed by atoms with Gasteiger partial charge in [0.25, 0.3) is 0 Å². The average molecular weight is 801 g/mol. The Hall–Kier alpha value is -2.97. The predicted octanol–water partition coefficient (Wildman–Crippen LogP) is 12.6. The Bertz CT molecular complexity index is 1120. The number of aliphatic carboxylic acids is 1. The third-order valence-electron chi connectivity index (χ3n) is 9.91. The summed E-state index contributed by atoms with van der Waals surface area (Å²) >= 11 is 0. The van der Waals surface area contributed by atoms with Gasteiger partial charge in [0.05, 0.1) is 34.4 Å². The molecule has 57 heavy (non-hydrogen) atoms. The second-order valence-corrected chi connectivity index (χ2v) is 16.2. The summed E-state index contributed by atoms with van der Waals surface area (Å²) in [5, 5.41) is 9.62. The molecule has 0 amide bonds. The third-order valence-corrected chi connectivity index (χ3v) is 9.91. The highest BCUT2D eigenvalue weighted by atomic mass is 16.6. The average Bonchev–Trinajstić information content (AvgIpc) is 3.17. The molecule has 0 fully saturated rings. The second-order valence-electron chi connectivity index (χ2n) is 16.2. The van der Waals surface area contributed by atoms with Crippen LogP contribution in [0.4, 0.5) is 0 Å². The standard InChI is InChI=1S/C49H85NO7/c1-6-8-10-12-14-16-18-20-21-22-23-24-25-26-27-28-30-31-33-35-37-39-47(51)56-44-45(43-55-42-41-46(49(53)54)50(3,4)5)57-48(52)40-38-36-34-32-29-19-17-15-13-11-9-7-2/h8-11,14-17,29,32,45-46H,6-7,12-13,18-28,30-31,33-44H2,1-5H3/p+1/b10-8+,11-9+,16-14+,17-15+,32-29+. The van der Waals surface area contributed by atoms with Crippen LogP contribution >= 0.6 is 0 Å². The smallest absolute Gasteiger partial charge is 0.362 e. The van der Waals surface area contributed by atoms with Crippen molar-refractivity contribution in [1.29, 1.82) is 0 Å². The van der Waals surface area contributed by atoms with E-state index in [1.165, 1.54) is 77.0 Å². The van der Waals surface area contributed by atoms with Crippen LogP contribution in [0.25, 0.3) is 0 Å². The Morgan fingerprint density at radius 1 is 0.526 bits per heavy atom. The van der Waals surface area contributed by atoms with E-state index in [1.807, 2.05) is 21.1 Å². The number of carbonyl (C=O) groups is 3. The molecule has 2 atom stereocenters. The van der Waals surface area contributed by atoms with Crippen molar-refractivity contribution in [3.63, 3.8) is 0 Å². The Balaban J connectivity index is 4.26. The molecule has 0 saturated heterocycles. The first kappa shape index (κ1) is 54.0. The van der Waals surface area contributed by atoms with E-state index >= 15 is 0 Å². The molecule has 0 aromatic carbocycles. The Labute approximate surface area is 349 Å². The molecule has 0 bridgehead atoms. The van der Waals surface area contributed by atoms with Gasteiger partial charge in [-0.15, -0.1) is 0 Å². The fourth-order valence-electron chi connectivity index (χ4n) is 6.44. The number of hydrogen-bond donors (Lipinski definition) is 1. The minimum Gasteiger partial charge on any atom is -0.477 e. The van der Waals surface area contributed by atoms with Crippen LogP contribution in [0, 0.1) is 0 Å². The largest absolute Gasteiger partial charge is 0.477 e. The van der Waals surface area contributed by atoms with Crippen LogP contribution in [0.3, 0.4) is 0 Å². The third kappa shape index (κ3) is 38.3. The van der Waals surface area contributed by atoms with E-state index < -0.39 is 18.1 Å². The lowest BCUT2D eigenvalue weighted by Gasteiger charge is -2.31. The molecule has 8 nitrogen and oxygen atoms in total. The van der Waals surface area contributed by atoms with E-state index in [0.717, 1.165) is 64.2 Å². The Kier molecular flexibility index (Phi) is 37.8. The highest BCUT2D eigenvalue weighted by molar-refractivity contribution is 5.72. The summed E-state index contributed by atoms with van der Waals surface area (Å²) < 4.78 is 17.2. The summed E-state index contributed by atoms with van der Waals surface area (Å²) in [6, 6.07) is -0.622. The van der Waals surface area contributed by atoms with Gasteiger partial charge in [0.2, 0.25) is 0 Å². The Morgan fingerprint density at radius 2 is 0.930 bits per heavy atom. The van der Waals surface area contributed by atoms with E-state index in [0.29, 0.717) is 19.3 Å². The summed E-state index contributed by atoms with van der Waals surface area (Å²) in [4.78, 5) is 37.0. The first-order valence-corrected chi connectivity index (χ1v) is 22.8. The van der Waals surface area contributed by atoms with E-state index in [-0.39, 0.29) is 42.7 Å². The summed E-state index contributed by atoms with van der Waals surface area (Å²) in [5.41, 5.74) is 0. The molecule has 0 aliphatic heterocycles. The van der Waals surface area contributed by atoms with Gasteiger partial charge in [-0.25, -0.2) is 4.79 Å². The molecule has 0 aromatic rings. The second kappa shape index (κ2) is 39.8. The molecule has 0 spiro atoms. The number of unbranched alkanes of at least 4 members (excludes halogenated alkanes) is 16. The highest BCUT2D eigenvalue weighted by Crippen LogP contribution is 2.15. The van der Waals surface area contributed by atoms with Crippen molar-refractivity contribution < 1.29 is 38.2 Å². The molecule has 2 unspecified atom stereocenters. The molecule has 0 aromatic heterocycles. The first-order chi connectivity index (χ1) is 27.6. The van der Waals surface area contributed by atoms with Crippen LogP contribution in [0.5, 0.6) is 0 Å². The number of carbonyl (C=O) groups excluding carboxylic acids is 2. The highest BCUT2D eigenvalue weighted by Gasteiger charge is 2.31. The van der Waals surface area contributed by atoms with Crippen LogP contribution in [0.1, 0.15) is 181 Å². The zero-order valence-electron chi connectivity index (χ0n) is 37.3. The molecule has 0 saturated carbocycles. The lowest BCUT2D eigenvalue weighted by atomic mass is 10.0. The van der Waals surface area contributed by atoms with Gasteiger partial charge in [-0.1, -0.05) is 152 Å². The maximum Gasteiger partial charge on any atom is 0.362 e. The topological polar surface area (TPSA) is 99.1 Å². The fourth-order valence-corrected chi connectivity index (χ4v) is 6.44. The van der Waals surface area contributed by atoms with E-state index in [4.69, 9.17) is 14.2 Å². The lowest BCUT2D eigenvalue weighted by Crippen LogP contribution is -2.50. The summed E-state index contributed by atoms with van der Waals surface area (Å²) in [5.74, 6) is -1.52. The molecule has 328 valence electrons. The van der Waals surface area contributed by atoms with Crippen molar-refractivity contribution in [2.75, 3.05) is 41.0 Å². The zero-order valence-corrected chi connectivity index (χ0v) is 37.3. The van der Waals surface area contributed by atoms with E-state index in [1.54, 1.807) is 0 Å². The molecule has 1 N–H and O–H groups in total. The quantitative estimate of drug-likeness (QED) is 0.0285. The minimum atomic E-state index is -0.883. The van der Waals surface area contributed by atoms with Gasteiger partial charge in [0.15, 0.2) is 12.1 Å². The maximum absolute atomic E-state index is 12.7. The summed E-state index contributed by atoms with van der Waals surface area (Å²) in [7, 11) is 5.51. The van der Waals surface area contributed by atoms with Crippen molar-refractivity contribution in [3.8, 4) is 0 Å². The lowest BCUT2D eigenvalue weighted by molar-refractivity contribution is -0.887. The monoisotopic (exact) mass is 801 g/mol. The summed E-state index contributed by atoms with van der Waals surface area (Å²) in [6.45, 7) is 4.47. The van der Waals surface area contributed by atoms with Gasteiger partial charge in [-0.2, -0.15) is 0 Å². The molecular formula is C49H86NO7+. The predicted molar refractivity (Wildman–Crippen MR) is 238 cm³/mol. The van der Waals surface area contributed by atoms with Crippen LogP contribution in [-0.4, -0.2) is 80.6 Å². The first-order valence-electron chi connectivity index (χ1n) is 22.8. The molecule has 0 rings (SSSR count). The number of hydrogen-bond acceptors (Lipinski definition) is 6. The number of quaternary nitrogens is 1. The minimum absolute atomic E-state index is 0.0444. The van der Waals surface area contributed by atoms with Crippen molar-refractivity contribution in [2.45, 2.75) is 193 Å². The van der Waals surface area contributed by atoms with Crippen LogP contribution in [-0.2, 0) is 28.6 Å². The number of likely N-dealkylation sites (N-methyl/N-ethyl adjacent to an activating group) is 1. The van der Waals surface area contributed by atoms with Crippen molar-refractivity contribution in [1.82, 2.24) is 0 Å². The van der Waals surface area contributed by atoms with Crippen molar-refractivity contribution in [3.05, 3.63) is 60.8 Å². The molecule has 0 aliphatic carbocycles. The number of nitrogens with zero attached hydrogens (tertiary/aromatic N) is 1. The molecule has 0 aliphatic rings. The van der Waals surface area contributed by atoms with Gasteiger partial charge in [-0.05, 0) is 70.6 Å². The van der Waals surface area contributed by atoms with Crippen molar-refractivity contribution in [2.24, 2.45) is 0 Å². The maximum atomic E-state index is 12.7. The van der Waals surface area contributed by atoms with Crippen LogP contribution in [0.2, 0.25) is 0 Å². The van der Waals surface area contributed by atoms with Gasteiger partial charge < -0.3 is 23.8 Å². The normalized spacial score (nSPS) is 13.5. The van der Waals surface area contributed by atoms with Gasteiger partial charge >= 0.3 is 17.9 Å². The Morgan fingerprint density at radius 3 is 1.40 bits per heavy atom. The van der Waals surface area contributed by atoms with E-state index in [2.05, 4.69) is 74.6 Å². The molecule has 0 radical (unpaired) electrons. The number of carboxylic acid groups (broad SMARTS) is 1. The molecule has 8 heteroatoms. The number of carboxylic acids is 1. The molecule has 0 heterocycles. The fraction of sp³-hybridized carbons (Fsp3) is 0.735. The van der Waals surface area contributed by atoms with Crippen LogP contribution in [0.15, 0.2) is 60.8 Å². The van der Waals surface area contributed by atoms with Gasteiger partial charge in [-0.3, -0.25) is 9.59 Å². The van der Waals surface area contributed by atoms with Crippen LogP contribution < -0.4 is 0 Å².